The molecule has 4 N–H and O–H groups in total. The van der Waals surface area contributed by atoms with Crippen LogP contribution in [0.2, 0.25) is 0 Å². The molecule has 0 saturated carbocycles. The number of anilines is 1. The van der Waals surface area contributed by atoms with Gasteiger partial charge in [0, 0.05) is 13.6 Å². The van der Waals surface area contributed by atoms with E-state index in [0.29, 0.717) is 23.5 Å². The van der Waals surface area contributed by atoms with Crippen LogP contribution in [0.25, 0.3) is 10.2 Å². The maximum absolute atomic E-state index is 12.7. The summed E-state index contributed by atoms with van der Waals surface area (Å²) >= 11 is 1.31. The van der Waals surface area contributed by atoms with E-state index in [-0.39, 0.29) is 5.91 Å². The monoisotopic (exact) mass is 307 g/mol. The molecule has 21 heavy (non-hydrogen) atoms. The second-order valence-electron chi connectivity index (χ2n) is 5.29. The summed E-state index contributed by atoms with van der Waals surface area (Å²) in [6.07, 6.45) is 1.40. The Morgan fingerprint density at radius 1 is 1.43 bits per heavy atom. The smallest absolute Gasteiger partial charge is 0.266 e. The van der Waals surface area contributed by atoms with E-state index in [0.717, 1.165) is 22.3 Å². The standard InChI is InChI=1S/C13H17N5O2S/c1-6-8-9(14)10(21-13(8)17(2)16-6)12(20)18-5-3-4-7(18)11(15)19/h7H,3-5,14H2,1-2H3,(H2,15,19). The summed E-state index contributed by atoms with van der Waals surface area (Å²) in [6, 6.07) is -0.527. The Kier molecular flexibility index (Phi) is 3.12. The number of likely N-dealkylation sites (tertiary alicyclic amines) is 1. The highest BCUT2D eigenvalue weighted by Gasteiger charge is 2.35. The lowest BCUT2D eigenvalue weighted by atomic mass is 10.2. The van der Waals surface area contributed by atoms with Gasteiger partial charge in [-0.15, -0.1) is 11.3 Å². The highest BCUT2D eigenvalue weighted by molar-refractivity contribution is 7.21. The van der Waals surface area contributed by atoms with Crippen molar-refractivity contribution in [1.82, 2.24) is 14.7 Å². The summed E-state index contributed by atoms with van der Waals surface area (Å²) in [4.78, 5) is 27.0. The van der Waals surface area contributed by atoms with Crippen LogP contribution in [0.5, 0.6) is 0 Å². The molecule has 1 saturated heterocycles. The van der Waals surface area contributed by atoms with Gasteiger partial charge in [-0.05, 0) is 19.8 Å². The molecule has 2 amide bonds. The molecular weight excluding hydrogens is 290 g/mol. The van der Waals surface area contributed by atoms with Crippen LogP contribution in [0.4, 0.5) is 5.69 Å². The number of nitrogens with two attached hydrogens (primary N) is 2. The van der Waals surface area contributed by atoms with Crippen molar-refractivity contribution in [2.75, 3.05) is 12.3 Å². The molecule has 112 valence electrons. The highest BCUT2D eigenvalue weighted by atomic mass is 32.1. The quantitative estimate of drug-likeness (QED) is 0.847. The van der Waals surface area contributed by atoms with Crippen LogP contribution in [0.1, 0.15) is 28.2 Å². The Morgan fingerprint density at radius 2 is 2.14 bits per heavy atom. The summed E-state index contributed by atoms with van der Waals surface area (Å²) < 4.78 is 1.72. The van der Waals surface area contributed by atoms with Crippen molar-refractivity contribution in [2.45, 2.75) is 25.8 Å². The summed E-state index contributed by atoms with van der Waals surface area (Å²) in [5.74, 6) is -0.673. The third-order valence-electron chi connectivity index (χ3n) is 3.92. The average Bonchev–Trinajstić information content (AvgIpc) is 3.07. The minimum atomic E-state index is -0.527. The molecule has 0 aliphatic carbocycles. The number of fused-ring (bicyclic) bond motifs is 1. The largest absolute Gasteiger partial charge is 0.397 e. The molecule has 3 rings (SSSR count). The van der Waals surface area contributed by atoms with Crippen molar-refractivity contribution in [3.63, 3.8) is 0 Å². The zero-order valence-corrected chi connectivity index (χ0v) is 12.7. The van der Waals surface area contributed by atoms with E-state index in [4.69, 9.17) is 11.5 Å². The van der Waals surface area contributed by atoms with Gasteiger partial charge in [0.25, 0.3) is 5.91 Å². The van der Waals surface area contributed by atoms with Gasteiger partial charge in [-0.1, -0.05) is 0 Å². The Hall–Kier alpha value is -2.09. The van der Waals surface area contributed by atoms with Crippen molar-refractivity contribution in [1.29, 1.82) is 0 Å². The maximum atomic E-state index is 12.7. The van der Waals surface area contributed by atoms with Gasteiger partial charge in [0.2, 0.25) is 5.91 Å². The molecule has 2 aromatic heterocycles. The lowest BCUT2D eigenvalue weighted by Crippen LogP contribution is -2.43. The van der Waals surface area contributed by atoms with Crippen LogP contribution >= 0.6 is 11.3 Å². The summed E-state index contributed by atoms with van der Waals surface area (Å²) in [5, 5.41) is 5.12. The number of carbonyl (C=O) groups is 2. The number of aryl methyl sites for hydroxylation is 2. The number of hydrogen-bond donors (Lipinski definition) is 2. The number of thiophene rings is 1. The number of aromatic nitrogens is 2. The second-order valence-corrected chi connectivity index (χ2v) is 6.29. The van der Waals surface area contributed by atoms with Gasteiger partial charge in [-0.25, -0.2) is 0 Å². The first-order valence-electron chi connectivity index (χ1n) is 6.73. The van der Waals surface area contributed by atoms with E-state index in [1.165, 1.54) is 16.2 Å². The van der Waals surface area contributed by atoms with Gasteiger partial charge in [0.05, 0.1) is 16.8 Å². The fourth-order valence-electron chi connectivity index (χ4n) is 2.92. The lowest BCUT2D eigenvalue weighted by Gasteiger charge is -2.21. The molecule has 8 heteroatoms. The topological polar surface area (TPSA) is 107 Å². The van der Waals surface area contributed by atoms with Crippen molar-refractivity contribution in [3.8, 4) is 0 Å². The molecule has 1 aliphatic heterocycles. The Bertz CT molecular complexity index is 747. The molecule has 3 heterocycles. The lowest BCUT2D eigenvalue weighted by molar-refractivity contribution is -0.121. The molecular formula is C13H17N5O2S. The maximum Gasteiger partial charge on any atom is 0.266 e. The molecule has 0 aromatic carbocycles. The molecule has 1 atom stereocenters. The van der Waals surface area contributed by atoms with Crippen LogP contribution < -0.4 is 11.5 Å². The average molecular weight is 307 g/mol. The van der Waals surface area contributed by atoms with Gasteiger partial charge in [0.15, 0.2) is 0 Å². The molecule has 0 spiro atoms. The Balaban J connectivity index is 2.04. The van der Waals surface area contributed by atoms with E-state index in [1.54, 1.807) is 4.68 Å². The molecule has 0 bridgehead atoms. The van der Waals surface area contributed by atoms with Crippen LogP contribution in [0, 0.1) is 6.92 Å². The van der Waals surface area contributed by atoms with Crippen LogP contribution in [-0.4, -0.2) is 39.1 Å². The minimum Gasteiger partial charge on any atom is -0.397 e. The third-order valence-corrected chi connectivity index (χ3v) is 5.18. The number of amides is 2. The van der Waals surface area contributed by atoms with Crippen LogP contribution in [-0.2, 0) is 11.8 Å². The molecule has 7 nitrogen and oxygen atoms in total. The van der Waals surface area contributed by atoms with Gasteiger partial charge in [-0.3, -0.25) is 14.3 Å². The molecule has 2 aromatic rings. The van der Waals surface area contributed by atoms with Gasteiger partial charge < -0.3 is 16.4 Å². The summed E-state index contributed by atoms with van der Waals surface area (Å²) in [5.41, 5.74) is 12.8. The predicted octanol–water partition coefficient (Wildman–Crippen LogP) is 0.615. The third kappa shape index (κ3) is 1.98. The molecule has 0 radical (unpaired) electrons. The number of rotatable bonds is 2. The van der Waals surface area contributed by atoms with Gasteiger partial charge in [0.1, 0.15) is 15.7 Å². The number of primary amides is 1. The Morgan fingerprint density at radius 3 is 2.76 bits per heavy atom. The normalized spacial score (nSPS) is 18.6. The molecule has 1 aliphatic rings. The van der Waals surface area contributed by atoms with Crippen molar-refractivity contribution in [3.05, 3.63) is 10.6 Å². The Labute approximate surface area is 125 Å². The fourth-order valence-corrected chi connectivity index (χ4v) is 4.07. The van der Waals surface area contributed by atoms with Crippen molar-refractivity contribution >= 4 is 39.1 Å². The number of carbonyl (C=O) groups excluding carboxylic acids is 2. The van der Waals surface area contributed by atoms with E-state index < -0.39 is 11.9 Å². The predicted molar refractivity (Wildman–Crippen MR) is 81.0 cm³/mol. The minimum absolute atomic E-state index is 0.214. The highest BCUT2D eigenvalue weighted by Crippen LogP contribution is 2.37. The van der Waals surface area contributed by atoms with Crippen LogP contribution in [0.3, 0.4) is 0 Å². The first kappa shape index (κ1) is 13.9. The fraction of sp³-hybridized carbons (Fsp3) is 0.462. The molecule has 1 unspecified atom stereocenters. The second kappa shape index (κ2) is 4.73. The number of hydrogen-bond acceptors (Lipinski definition) is 5. The first-order chi connectivity index (χ1) is 9.91. The van der Waals surface area contributed by atoms with E-state index in [9.17, 15) is 9.59 Å². The van der Waals surface area contributed by atoms with Crippen molar-refractivity contribution < 1.29 is 9.59 Å². The number of nitrogen functional groups attached to an aromatic ring is 1. The first-order valence-corrected chi connectivity index (χ1v) is 7.55. The molecule has 1 fully saturated rings. The zero-order valence-electron chi connectivity index (χ0n) is 11.9. The van der Waals surface area contributed by atoms with Gasteiger partial charge >= 0.3 is 0 Å². The van der Waals surface area contributed by atoms with E-state index in [2.05, 4.69) is 5.10 Å². The van der Waals surface area contributed by atoms with Gasteiger partial charge in [-0.2, -0.15) is 5.10 Å². The summed E-state index contributed by atoms with van der Waals surface area (Å²) in [6.45, 7) is 2.40. The van der Waals surface area contributed by atoms with E-state index in [1.807, 2.05) is 14.0 Å². The van der Waals surface area contributed by atoms with E-state index >= 15 is 0 Å². The zero-order chi connectivity index (χ0) is 15.3. The van der Waals surface area contributed by atoms with Crippen molar-refractivity contribution in [2.24, 2.45) is 12.8 Å². The van der Waals surface area contributed by atoms with Crippen LogP contribution in [0.15, 0.2) is 0 Å². The number of nitrogens with zero attached hydrogens (tertiary/aromatic N) is 3. The SMILES string of the molecule is Cc1nn(C)c2sc(C(=O)N3CCCC3C(N)=O)c(N)c12. The summed E-state index contributed by atoms with van der Waals surface area (Å²) in [7, 11) is 1.82.